The van der Waals surface area contributed by atoms with E-state index in [-0.39, 0.29) is 0 Å². The lowest BCUT2D eigenvalue weighted by Crippen LogP contribution is -2.15. The number of hydrogen-bond acceptors (Lipinski definition) is 3. The Balaban J connectivity index is 1.68. The standard InChI is InChI=1S/C15H13IO2S/c16-12-3-1-11(2-4-12)10-19-13-5-6-14-15(9-13)18-8-7-17-14/h1-6,9H,7-8,10H2. The molecule has 1 heterocycles. The third kappa shape index (κ3) is 3.36. The summed E-state index contributed by atoms with van der Waals surface area (Å²) in [7, 11) is 0. The Morgan fingerprint density at radius 2 is 1.68 bits per heavy atom. The number of benzene rings is 2. The van der Waals surface area contributed by atoms with Gasteiger partial charge in [-0.25, -0.2) is 0 Å². The Kier molecular flexibility index (Phi) is 4.18. The van der Waals surface area contributed by atoms with Crippen molar-refractivity contribution in [1.29, 1.82) is 0 Å². The molecule has 3 rings (SSSR count). The normalized spacial score (nSPS) is 13.3. The van der Waals surface area contributed by atoms with E-state index in [1.165, 1.54) is 14.0 Å². The van der Waals surface area contributed by atoms with Crippen LogP contribution in [0.15, 0.2) is 47.4 Å². The van der Waals surface area contributed by atoms with Crippen LogP contribution in [0.1, 0.15) is 5.56 Å². The molecule has 0 bridgehead atoms. The number of ether oxygens (including phenoxy) is 2. The third-order valence-electron chi connectivity index (χ3n) is 2.83. The van der Waals surface area contributed by atoms with Crippen molar-refractivity contribution in [3.05, 3.63) is 51.6 Å². The van der Waals surface area contributed by atoms with E-state index in [2.05, 4.69) is 59.0 Å². The minimum Gasteiger partial charge on any atom is -0.486 e. The molecule has 0 N–H and O–H groups in total. The maximum Gasteiger partial charge on any atom is 0.162 e. The highest BCUT2D eigenvalue weighted by Gasteiger charge is 2.11. The highest BCUT2D eigenvalue weighted by atomic mass is 127. The Hall–Kier alpha value is -0.880. The molecule has 0 unspecified atom stereocenters. The summed E-state index contributed by atoms with van der Waals surface area (Å²) in [4.78, 5) is 1.21. The van der Waals surface area contributed by atoms with Crippen molar-refractivity contribution in [3.8, 4) is 11.5 Å². The second-order valence-electron chi connectivity index (χ2n) is 4.22. The minimum atomic E-state index is 0.637. The van der Waals surface area contributed by atoms with E-state index in [9.17, 15) is 0 Å². The summed E-state index contributed by atoms with van der Waals surface area (Å²) in [5, 5.41) is 0. The average molecular weight is 384 g/mol. The van der Waals surface area contributed by atoms with Gasteiger partial charge in [0.1, 0.15) is 13.2 Å². The lowest BCUT2D eigenvalue weighted by molar-refractivity contribution is 0.171. The number of rotatable bonds is 3. The van der Waals surface area contributed by atoms with Gasteiger partial charge in [0.05, 0.1) is 0 Å². The van der Waals surface area contributed by atoms with Crippen molar-refractivity contribution in [3.63, 3.8) is 0 Å². The zero-order valence-corrected chi connectivity index (χ0v) is 13.2. The molecule has 0 saturated carbocycles. The van der Waals surface area contributed by atoms with E-state index in [0.717, 1.165) is 17.3 Å². The van der Waals surface area contributed by atoms with Crippen LogP contribution in [0.2, 0.25) is 0 Å². The first-order valence-electron chi connectivity index (χ1n) is 6.08. The molecule has 2 nitrogen and oxygen atoms in total. The fourth-order valence-corrected chi connectivity index (χ4v) is 3.10. The van der Waals surface area contributed by atoms with E-state index in [1.54, 1.807) is 0 Å². The Bertz CT molecular complexity index is 569. The lowest BCUT2D eigenvalue weighted by Gasteiger charge is -2.18. The Labute approximate surface area is 130 Å². The first-order valence-corrected chi connectivity index (χ1v) is 8.14. The van der Waals surface area contributed by atoms with Crippen LogP contribution in [0.25, 0.3) is 0 Å². The minimum absolute atomic E-state index is 0.637. The van der Waals surface area contributed by atoms with Crippen LogP contribution in [-0.2, 0) is 5.75 Å². The summed E-state index contributed by atoms with van der Waals surface area (Å²) in [6.45, 7) is 1.28. The molecule has 0 radical (unpaired) electrons. The van der Waals surface area contributed by atoms with Crippen LogP contribution < -0.4 is 9.47 Å². The SMILES string of the molecule is Ic1ccc(CSc2ccc3c(c2)OCCO3)cc1. The number of fused-ring (bicyclic) bond motifs is 1. The highest BCUT2D eigenvalue weighted by molar-refractivity contribution is 14.1. The van der Waals surface area contributed by atoms with Gasteiger partial charge in [0.2, 0.25) is 0 Å². The van der Waals surface area contributed by atoms with E-state index >= 15 is 0 Å². The third-order valence-corrected chi connectivity index (χ3v) is 4.62. The molecule has 0 saturated heterocycles. The van der Waals surface area contributed by atoms with Gasteiger partial charge in [-0.15, -0.1) is 11.8 Å². The summed E-state index contributed by atoms with van der Waals surface area (Å²) in [5.41, 5.74) is 1.33. The molecule has 4 heteroatoms. The number of thioether (sulfide) groups is 1. The quantitative estimate of drug-likeness (QED) is 0.579. The smallest absolute Gasteiger partial charge is 0.162 e. The fourth-order valence-electron chi connectivity index (χ4n) is 1.86. The summed E-state index contributed by atoms with van der Waals surface area (Å²) in [6.07, 6.45) is 0. The molecule has 1 aliphatic heterocycles. The summed E-state index contributed by atoms with van der Waals surface area (Å²) in [5.74, 6) is 2.68. The summed E-state index contributed by atoms with van der Waals surface area (Å²) >= 11 is 4.14. The highest BCUT2D eigenvalue weighted by Crippen LogP contribution is 2.35. The first-order chi connectivity index (χ1) is 9.31. The molecular formula is C15H13IO2S. The van der Waals surface area contributed by atoms with Crippen LogP contribution in [0.4, 0.5) is 0 Å². The van der Waals surface area contributed by atoms with Gasteiger partial charge in [0.15, 0.2) is 11.5 Å². The topological polar surface area (TPSA) is 18.5 Å². The van der Waals surface area contributed by atoms with Gasteiger partial charge in [-0.05, 0) is 58.5 Å². The summed E-state index contributed by atoms with van der Waals surface area (Å²) < 4.78 is 12.4. The van der Waals surface area contributed by atoms with Crippen LogP contribution in [0.3, 0.4) is 0 Å². The van der Waals surface area contributed by atoms with Crippen molar-refractivity contribution in [2.75, 3.05) is 13.2 Å². The molecule has 0 spiro atoms. The molecular weight excluding hydrogens is 371 g/mol. The predicted molar refractivity (Wildman–Crippen MR) is 86.2 cm³/mol. The second kappa shape index (κ2) is 6.05. The van der Waals surface area contributed by atoms with Gasteiger partial charge in [-0.1, -0.05) is 12.1 Å². The van der Waals surface area contributed by atoms with E-state index in [4.69, 9.17) is 9.47 Å². The van der Waals surface area contributed by atoms with Crippen LogP contribution in [0, 0.1) is 3.57 Å². The summed E-state index contributed by atoms with van der Waals surface area (Å²) in [6, 6.07) is 14.8. The second-order valence-corrected chi connectivity index (χ2v) is 6.51. The molecule has 0 amide bonds. The van der Waals surface area contributed by atoms with Crippen molar-refractivity contribution >= 4 is 34.4 Å². The van der Waals surface area contributed by atoms with Gasteiger partial charge in [0.25, 0.3) is 0 Å². The van der Waals surface area contributed by atoms with Crippen molar-refractivity contribution in [2.45, 2.75) is 10.6 Å². The molecule has 0 aliphatic carbocycles. The Morgan fingerprint density at radius 3 is 2.47 bits per heavy atom. The van der Waals surface area contributed by atoms with Gasteiger partial charge in [0, 0.05) is 14.2 Å². The number of hydrogen-bond donors (Lipinski definition) is 0. The van der Waals surface area contributed by atoms with Crippen molar-refractivity contribution in [2.24, 2.45) is 0 Å². The molecule has 2 aromatic carbocycles. The maximum atomic E-state index is 5.59. The molecule has 1 aliphatic rings. The first kappa shape index (κ1) is 13.1. The van der Waals surface area contributed by atoms with Gasteiger partial charge >= 0.3 is 0 Å². The lowest BCUT2D eigenvalue weighted by atomic mass is 10.2. The van der Waals surface area contributed by atoms with Crippen molar-refractivity contribution < 1.29 is 9.47 Å². The zero-order valence-electron chi connectivity index (χ0n) is 10.3. The monoisotopic (exact) mass is 384 g/mol. The van der Waals surface area contributed by atoms with Crippen LogP contribution in [0.5, 0.6) is 11.5 Å². The molecule has 0 aromatic heterocycles. The Morgan fingerprint density at radius 1 is 0.947 bits per heavy atom. The predicted octanol–water partition coefficient (Wildman–Crippen LogP) is 4.35. The van der Waals surface area contributed by atoms with E-state index < -0.39 is 0 Å². The average Bonchev–Trinajstić information content (AvgIpc) is 2.46. The molecule has 98 valence electrons. The van der Waals surface area contributed by atoms with Gasteiger partial charge in [-0.3, -0.25) is 0 Å². The largest absolute Gasteiger partial charge is 0.486 e. The van der Waals surface area contributed by atoms with Crippen molar-refractivity contribution in [1.82, 2.24) is 0 Å². The molecule has 0 atom stereocenters. The fraction of sp³-hybridized carbons (Fsp3) is 0.200. The van der Waals surface area contributed by atoms with Crippen LogP contribution in [-0.4, -0.2) is 13.2 Å². The van der Waals surface area contributed by atoms with E-state index in [0.29, 0.717) is 13.2 Å². The van der Waals surface area contributed by atoms with Crippen LogP contribution >= 0.6 is 34.4 Å². The molecule has 0 fully saturated rings. The maximum absolute atomic E-state index is 5.59. The molecule has 2 aromatic rings. The molecule has 19 heavy (non-hydrogen) atoms. The van der Waals surface area contributed by atoms with E-state index in [1.807, 2.05) is 17.8 Å². The number of halogens is 1. The zero-order chi connectivity index (χ0) is 13.1. The van der Waals surface area contributed by atoms with Gasteiger partial charge in [-0.2, -0.15) is 0 Å². The van der Waals surface area contributed by atoms with Gasteiger partial charge < -0.3 is 9.47 Å².